The Labute approximate surface area is 82.7 Å². The van der Waals surface area contributed by atoms with E-state index >= 15 is 0 Å². The van der Waals surface area contributed by atoms with Crippen LogP contribution in [0, 0.1) is 10.1 Å². The molecule has 0 atom stereocenters. The quantitative estimate of drug-likeness (QED) is 0.449. The predicted octanol–water partition coefficient (Wildman–Crippen LogP) is 2.67. The van der Waals surface area contributed by atoms with Crippen molar-refractivity contribution in [3.05, 3.63) is 33.5 Å². The molecule has 0 aliphatic rings. The van der Waals surface area contributed by atoms with Gasteiger partial charge < -0.3 is 10.1 Å². The maximum atomic E-state index is 12.3. The van der Waals surface area contributed by atoms with E-state index < -0.39 is 22.7 Å². The minimum atomic E-state index is -2.92. The lowest BCUT2D eigenvalue weighted by molar-refractivity contribution is -0.391. The first kappa shape index (κ1) is 10.8. The Morgan fingerprint density at radius 2 is 2.29 bits per heavy atom. The molecule has 0 amide bonds. The fourth-order valence-corrected chi connectivity index (χ4v) is 1.05. The Morgan fingerprint density at radius 3 is 2.71 bits per heavy atom. The van der Waals surface area contributed by atoms with Crippen LogP contribution in [0.5, 0.6) is 0 Å². The van der Waals surface area contributed by atoms with Crippen molar-refractivity contribution in [3.63, 3.8) is 0 Å². The summed E-state index contributed by atoms with van der Waals surface area (Å²) >= 11 is 5.38. The molecule has 0 fully saturated rings. The molecule has 14 heavy (non-hydrogen) atoms. The van der Waals surface area contributed by atoms with Gasteiger partial charge in [-0.05, 0) is 16.0 Å². The average Bonchev–Trinajstić information content (AvgIpc) is 2.16. The third-order valence-electron chi connectivity index (χ3n) is 1.51. The zero-order valence-electron chi connectivity index (χ0n) is 6.78. The van der Waals surface area contributed by atoms with Crippen molar-refractivity contribution in [2.45, 2.75) is 12.3 Å². The van der Waals surface area contributed by atoms with Crippen LogP contribution in [0.2, 0.25) is 0 Å². The molecule has 1 aromatic rings. The minimum Gasteiger partial charge on any atom is -0.358 e. The number of hydrogen-bond acceptors (Lipinski definition) is 3. The molecule has 0 N–H and O–H groups in total. The van der Waals surface area contributed by atoms with E-state index in [-0.39, 0.29) is 5.88 Å². The molecule has 0 saturated heterocycles. The minimum absolute atomic E-state index is 0.00921. The highest BCUT2D eigenvalue weighted by Crippen LogP contribution is 2.27. The van der Waals surface area contributed by atoms with Crippen molar-refractivity contribution in [1.82, 2.24) is 4.98 Å². The molecular formula is C7H5ClF2N2O2. The van der Waals surface area contributed by atoms with Crippen LogP contribution in [0.25, 0.3) is 0 Å². The standard InChI is InChI=1S/C7H5ClF2N2O2/c8-2-4-1-5(6(9)10)7(11-3-4)12(13)14/h1,3,6H,2H2. The molecule has 1 aromatic heterocycles. The van der Waals surface area contributed by atoms with E-state index in [0.717, 1.165) is 12.3 Å². The van der Waals surface area contributed by atoms with Gasteiger partial charge in [0.05, 0.1) is 5.88 Å². The first-order chi connectivity index (χ1) is 6.56. The Bertz CT molecular complexity index is 360. The van der Waals surface area contributed by atoms with Gasteiger partial charge in [0.1, 0.15) is 11.8 Å². The van der Waals surface area contributed by atoms with Gasteiger partial charge in [-0.25, -0.2) is 8.78 Å². The third kappa shape index (κ3) is 2.14. The lowest BCUT2D eigenvalue weighted by atomic mass is 10.2. The van der Waals surface area contributed by atoms with Gasteiger partial charge in [0.15, 0.2) is 0 Å². The number of pyridine rings is 1. The normalized spacial score (nSPS) is 10.6. The number of halogens is 3. The summed E-state index contributed by atoms with van der Waals surface area (Å²) in [6, 6.07) is 0.989. The van der Waals surface area contributed by atoms with E-state index in [1.807, 2.05) is 0 Å². The smallest absolute Gasteiger partial charge is 0.358 e. The summed E-state index contributed by atoms with van der Waals surface area (Å²) in [5.41, 5.74) is -0.374. The van der Waals surface area contributed by atoms with Gasteiger partial charge >= 0.3 is 5.82 Å². The topological polar surface area (TPSA) is 56.0 Å². The number of hydrogen-bond donors (Lipinski definition) is 0. The van der Waals surface area contributed by atoms with Crippen LogP contribution in [0.4, 0.5) is 14.6 Å². The Hall–Kier alpha value is -1.30. The zero-order valence-corrected chi connectivity index (χ0v) is 7.54. The van der Waals surface area contributed by atoms with Gasteiger partial charge in [0, 0.05) is 5.56 Å². The van der Waals surface area contributed by atoms with Crippen molar-refractivity contribution in [3.8, 4) is 0 Å². The highest BCUT2D eigenvalue weighted by molar-refractivity contribution is 6.17. The first-order valence-corrected chi connectivity index (χ1v) is 4.07. The lowest BCUT2D eigenvalue weighted by Gasteiger charge is -2.01. The van der Waals surface area contributed by atoms with Crippen molar-refractivity contribution in [2.75, 3.05) is 0 Å². The summed E-state index contributed by atoms with van der Waals surface area (Å²) in [5.74, 6) is -0.834. The molecule has 0 aromatic carbocycles. The third-order valence-corrected chi connectivity index (χ3v) is 1.82. The fraction of sp³-hybridized carbons (Fsp3) is 0.286. The van der Waals surface area contributed by atoms with Gasteiger partial charge in [-0.3, -0.25) is 0 Å². The van der Waals surface area contributed by atoms with E-state index in [0.29, 0.717) is 5.56 Å². The zero-order chi connectivity index (χ0) is 10.7. The average molecular weight is 223 g/mol. The van der Waals surface area contributed by atoms with Gasteiger partial charge in [-0.15, -0.1) is 11.6 Å². The summed E-state index contributed by atoms with van der Waals surface area (Å²) < 4.78 is 24.6. The van der Waals surface area contributed by atoms with E-state index in [4.69, 9.17) is 11.6 Å². The molecule has 0 spiro atoms. The second kappa shape index (κ2) is 4.28. The Morgan fingerprint density at radius 1 is 1.64 bits per heavy atom. The Balaban J connectivity index is 3.24. The highest BCUT2D eigenvalue weighted by Gasteiger charge is 2.23. The number of nitrogens with zero attached hydrogens (tertiary/aromatic N) is 2. The SMILES string of the molecule is O=[N+]([O-])c1ncc(CCl)cc1C(F)F. The summed E-state index contributed by atoms with van der Waals surface area (Å²) in [4.78, 5) is 12.7. The first-order valence-electron chi connectivity index (χ1n) is 3.53. The fourth-order valence-electron chi connectivity index (χ4n) is 0.906. The molecule has 0 radical (unpaired) electrons. The van der Waals surface area contributed by atoms with E-state index in [1.54, 1.807) is 0 Å². The molecular weight excluding hydrogens is 218 g/mol. The number of rotatable bonds is 3. The van der Waals surface area contributed by atoms with Crippen LogP contribution in [-0.2, 0) is 5.88 Å². The van der Waals surface area contributed by atoms with Crippen LogP contribution in [0.15, 0.2) is 12.3 Å². The van der Waals surface area contributed by atoms with Crippen molar-refractivity contribution in [2.24, 2.45) is 0 Å². The van der Waals surface area contributed by atoms with Crippen LogP contribution < -0.4 is 0 Å². The van der Waals surface area contributed by atoms with Gasteiger partial charge in [0.25, 0.3) is 6.43 Å². The molecule has 0 bridgehead atoms. The second-order valence-electron chi connectivity index (χ2n) is 2.45. The molecule has 0 saturated carbocycles. The Kier molecular flexibility index (Phi) is 3.29. The molecule has 0 unspecified atom stereocenters. The van der Waals surface area contributed by atoms with Crippen LogP contribution >= 0.6 is 11.6 Å². The maximum absolute atomic E-state index is 12.3. The van der Waals surface area contributed by atoms with Crippen molar-refractivity contribution < 1.29 is 13.7 Å². The largest absolute Gasteiger partial charge is 0.372 e. The maximum Gasteiger partial charge on any atom is 0.372 e. The summed E-state index contributed by atoms with van der Waals surface area (Å²) in [6.45, 7) is 0. The van der Waals surface area contributed by atoms with Crippen LogP contribution in [0.3, 0.4) is 0 Å². The van der Waals surface area contributed by atoms with Crippen LogP contribution in [0.1, 0.15) is 17.6 Å². The summed E-state index contributed by atoms with van der Waals surface area (Å²) in [5, 5.41) is 10.3. The molecule has 76 valence electrons. The summed E-state index contributed by atoms with van der Waals surface area (Å²) in [7, 11) is 0. The number of nitro groups is 1. The monoisotopic (exact) mass is 222 g/mol. The predicted molar refractivity (Wildman–Crippen MR) is 45.4 cm³/mol. The van der Waals surface area contributed by atoms with Crippen molar-refractivity contribution >= 4 is 17.4 Å². The van der Waals surface area contributed by atoms with Gasteiger partial charge in [-0.2, -0.15) is 0 Å². The molecule has 1 heterocycles. The molecule has 1 rings (SSSR count). The van der Waals surface area contributed by atoms with Gasteiger partial charge in [-0.1, -0.05) is 0 Å². The lowest BCUT2D eigenvalue weighted by Crippen LogP contribution is -2.00. The van der Waals surface area contributed by atoms with Crippen LogP contribution in [-0.4, -0.2) is 9.91 Å². The highest BCUT2D eigenvalue weighted by atomic mass is 35.5. The molecule has 0 aliphatic carbocycles. The number of alkyl halides is 3. The van der Waals surface area contributed by atoms with E-state index in [9.17, 15) is 18.9 Å². The molecule has 7 heteroatoms. The van der Waals surface area contributed by atoms with Crippen molar-refractivity contribution in [1.29, 1.82) is 0 Å². The number of aromatic nitrogens is 1. The second-order valence-corrected chi connectivity index (χ2v) is 2.72. The molecule has 4 nitrogen and oxygen atoms in total. The molecule has 0 aliphatic heterocycles. The van der Waals surface area contributed by atoms with E-state index in [2.05, 4.69) is 4.98 Å². The van der Waals surface area contributed by atoms with E-state index in [1.165, 1.54) is 0 Å². The summed E-state index contributed by atoms with van der Waals surface area (Å²) in [6.07, 6.45) is -1.82. The van der Waals surface area contributed by atoms with Gasteiger partial charge in [0.2, 0.25) is 0 Å².